The van der Waals surface area contributed by atoms with E-state index in [0.29, 0.717) is 47.9 Å². The summed E-state index contributed by atoms with van der Waals surface area (Å²) in [6.45, 7) is 9.24. The van der Waals surface area contributed by atoms with Crippen molar-refractivity contribution in [3.8, 4) is 0 Å². The number of aryl methyl sites for hydroxylation is 2. The van der Waals surface area contributed by atoms with Gasteiger partial charge in [0.05, 0.1) is 37.4 Å². The molecule has 0 unspecified atom stereocenters. The number of nitrogens with zero attached hydrogens (tertiary/aromatic N) is 3. The minimum absolute atomic E-state index is 0.156. The Hall–Kier alpha value is -3.01. The molecule has 1 amide bonds. The first-order valence-corrected chi connectivity index (χ1v) is 12.9. The molecule has 0 saturated carbocycles. The maximum atomic E-state index is 13.6. The molecule has 184 valence electrons. The largest absolute Gasteiger partial charge is 0.378 e. The van der Waals surface area contributed by atoms with Crippen molar-refractivity contribution < 1.29 is 14.3 Å². The van der Waals surface area contributed by atoms with Gasteiger partial charge in [-0.05, 0) is 42.7 Å². The fourth-order valence-corrected chi connectivity index (χ4v) is 5.78. The number of rotatable bonds is 5. The second kappa shape index (κ2) is 10.3. The van der Waals surface area contributed by atoms with Crippen LogP contribution in [0.3, 0.4) is 0 Å². The monoisotopic (exact) mass is 494 g/mol. The Labute approximate surface area is 208 Å². The quantitative estimate of drug-likeness (QED) is 0.549. The molecule has 8 nitrogen and oxygen atoms in total. The number of carbonyl (C=O) groups excluding carboxylic acids is 1. The number of benzene rings is 1. The SMILES string of the molecule is CCc1c(C)sc2nc(C(=Cc3ccc(N4CCOCC4)cc3)C(=O)N3CCOCC3)[nH]c(=O)c12. The van der Waals surface area contributed by atoms with Crippen LogP contribution in [0.1, 0.15) is 28.8 Å². The van der Waals surface area contributed by atoms with Crippen LogP contribution in [0.4, 0.5) is 5.69 Å². The van der Waals surface area contributed by atoms with Crippen molar-refractivity contribution >= 4 is 44.8 Å². The number of H-pyrrole nitrogens is 1. The van der Waals surface area contributed by atoms with Gasteiger partial charge in [0, 0.05) is 36.7 Å². The summed E-state index contributed by atoms with van der Waals surface area (Å²) in [6, 6.07) is 8.12. The average molecular weight is 495 g/mol. The van der Waals surface area contributed by atoms with Crippen molar-refractivity contribution in [2.75, 3.05) is 57.5 Å². The van der Waals surface area contributed by atoms with E-state index in [-0.39, 0.29) is 11.5 Å². The van der Waals surface area contributed by atoms with Crippen molar-refractivity contribution in [1.82, 2.24) is 14.9 Å². The molecule has 2 saturated heterocycles. The zero-order valence-corrected chi connectivity index (χ0v) is 21.0. The number of hydrogen-bond acceptors (Lipinski definition) is 7. The number of thiophene rings is 1. The number of nitrogens with one attached hydrogen (secondary N) is 1. The fraction of sp³-hybridized carbons (Fsp3) is 0.423. The van der Waals surface area contributed by atoms with Crippen molar-refractivity contribution in [1.29, 1.82) is 0 Å². The van der Waals surface area contributed by atoms with Crippen LogP contribution in [0.5, 0.6) is 0 Å². The summed E-state index contributed by atoms with van der Waals surface area (Å²) < 4.78 is 10.9. The lowest BCUT2D eigenvalue weighted by atomic mass is 10.1. The summed E-state index contributed by atoms with van der Waals surface area (Å²) in [7, 11) is 0. The molecule has 35 heavy (non-hydrogen) atoms. The molecular weight excluding hydrogens is 464 g/mol. The van der Waals surface area contributed by atoms with Crippen molar-refractivity contribution in [2.24, 2.45) is 0 Å². The van der Waals surface area contributed by atoms with E-state index in [4.69, 9.17) is 14.5 Å². The van der Waals surface area contributed by atoms with Crippen LogP contribution >= 0.6 is 11.3 Å². The van der Waals surface area contributed by atoms with E-state index in [1.54, 1.807) is 4.90 Å². The van der Waals surface area contributed by atoms with Crippen molar-refractivity contribution in [2.45, 2.75) is 20.3 Å². The van der Waals surface area contributed by atoms with Gasteiger partial charge in [0.2, 0.25) is 0 Å². The second-order valence-electron chi connectivity index (χ2n) is 8.74. The van der Waals surface area contributed by atoms with E-state index >= 15 is 0 Å². The Kier molecular flexibility index (Phi) is 6.99. The maximum Gasteiger partial charge on any atom is 0.260 e. The highest BCUT2D eigenvalue weighted by atomic mass is 32.1. The van der Waals surface area contributed by atoms with Gasteiger partial charge in [-0.1, -0.05) is 19.1 Å². The number of fused-ring (bicyclic) bond motifs is 1. The van der Waals surface area contributed by atoms with Gasteiger partial charge < -0.3 is 24.3 Å². The topological polar surface area (TPSA) is 87.8 Å². The molecule has 2 aliphatic rings. The lowest BCUT2D eigenvalue weighted by Crippen LogP contribution is -2.41. The Bertz CT molecular complexity index is 1300. The number of carbonyl (C=O) groups is 1. The van der Waals surface area contributed by atoms with E-state index in [9.17, 15) is 9.59 Å². The second-order valence-corrected chi connectivity index (χ2v) is 9.94. The highest BCUT2D eigenvalue weighted by Gasteiger charge is 2.25. The molecule has 4 heterocycles. The van der Waals surface area contributed by atoms with Crippen LogP contribution in [-0.2, 0) is 20.7 Å². The average Bonchev–Trinajstić information content (AvgIpc) is 3.23. The molecule has 2 fully saturated rings. The summed E-state index contributed by atoms with van der Waals surface area (Å²) in [5.74, 6) is 0.150. The number of morpholine rings is 2. The summed E-state index contributed by atoms with van der Waals surface area (Å²) in [5, 5.41) is 0.631. The van der Waals surface area contributed by atoms with Crippen LogP contribution in [0.15, 0.2) is 29.1 Å². The molecule has 0 aliphatic carbocycles. The molecule has 2 aliphatic heterocycles. The van der Waals surface area contributed by atoms with Crippen LogP contribution in [0.25, 0.3) is 21.9 Å². The Morgan fingerprint density at radius 2 is 1.74 bits per heavy atom. The van der Waals surface area contributed by atoms with Crippen LogP contribution in [0.2, 0.25) is 0 Å². The van der Waals surface area contributed by atoms with Crippen molar-refractivity contribution in [3.05, 3.63) is 56.4 Å². The Balaban J connectivity index is 1.55. The number of ether oxygens (including phenoxy) is 2. The third kappa shape index (κ3) is 4.89. The molecule has 1 N–H and O–H groups in total. The highest BCUT2D eigenvalue weighted by molar-refractivity contribution is 7.18. The van der Waals surface area contributed by atoms with Gasteiger partial charge in [0.25, 0.3) is 11.5 Å². The molecular formula is C26H30N4O4S. The molecule has 0 bridgehead atoms. The molecule has 0 atom stereocenters. The number of anilines is 1. The molecule has 0 radical (unpaired) electrons. The Morgan fingerprint density at radius 3 is 2.40 bits per heavy atom. The predicted octanol–water partition coefficient (Wildman–Crippen LogP) is 3.09. The standard InChI is InChI=1S/C26H30N4O4S/c1-3-20-17(2)35-25-22(20)24(31)27-23(28-25)21(26(32)30-10-14-34-15-11-30)16-18-4-6-19(7-5-18)29-8-12-33-13-9-29/h4-7,16H,3,8-15H2,1-2H3,(H,27,28,31). The minimum atomic E-state index is -0.199. The minimum Gasteiger partial charge on any atom is -0.378 e. The van der Waals surface area contributed by atoms with Crippen molar-refractivity contribution in [3.63, 3.8) is 0 Å². The van der Waals surface area contributed by atoms with Gasteiger partial charge in [-0.3, -0.25) is 9.59 Å². The third-order valence-electron chi connectivity index (χ3n) is 6.58. The van der Waals surface area contributed by atoms with E-state index in [2.05, 4.69) is 22.0 Å². The summed E-state index contributed by atoms with van der Waals surface area (Å²) in [5.41, 5.74) is 3.20. The van der Waals surface area contributed by atoms with E-state index in [1.807, 2.05) is 32.1 Å². The number of aromatic amines is 1. The zero-order chi connectivity index (χ0) is 24.4. The number of aromatic nitrogens is 2. The fourth-order valence-electron chi connectivity index (χ4n) is 4.67. The van der Waals surface area contributed by atoms with Gasteiger partial charge in [0.1, 0.15) is 10.7 Å². The van der Waals surface area contributed by atoms with Crippen LogP contribution in [-0.4, -0.2) is 73.4 Å². The van der Waals surface area contributed by atoms with E-state index in [1.165, 1.54) is 11.3 Å². The van der Waals surface area contributed by atoms with E-state index in [0.717, 1.165) is 54.4 Å². The highest BCUT2D eigenvalue weighted by Crippen LogP contribution is 2.29. The first-order valence-electron chi connectivity index (χ1n) is 12.1. The Morgan fingerprint density at radius 1 is 1.09 bits per heavy atom. The summed E-state index contributed by atoms with van der Waals surface area (Å²) in [4.78, 5) is 40.2. The number of hydrogen-bond donors (Lipinski definition) is 1. The first kappa shape index (κ1) is 23.7. The smallest absolute Gasteiger partial charge is 0.260 e. The summed E-state index contributed by atoms with van der Waals surface area (Å²) >= 11 is 1.50. The van der Waals surface area contributed by atoms with E-state index < -0.39 is 0 Å². The third-order valence-corrected chi connectivity index (χ3v) is 7.62. The first-order chi connectivity index (χ1) is 17.0. The normalized spacial score (nSPS) is 17.3. The molecule has 5 rings (SSSR count). The predicted molar refractivity (Wildman–Crippen MR) is 139 cm³/mol. The van der Waals surface area contributed by atoms with Gasteiger partial charge >= 0.3 is 0 Å². The van der Waals surface area contributed by atoms with Gasteiger partial charge in [-0.15, -0.1) is 11.3 Å². The molecule has 1 aromatic carbocycles. The lowest BCUT2D eigenvalue weighted by molar-refractivity contribution is -0.128. The maximum absolute atomic E-state index is 13.6. The lowest BCUT2D eigenvalue weighted by Gasteiger charge is -2.29. The summed E-state index contributed by atoms with van der Waals surface area (Å²) in [6.07, 6.45) is 2.59. The molecule has 3 aromatic rings. The van der Waals surface area contributed by atoms with Gasteiger partial charge in [-0.2, -0.15) is 0 Å². The van der Waals surface area contributed by atoms with Crippen LogP contribution < -0.4 is 10.5 Å². The van der Waals surface area contributed by atoms with Crippen LogP contribution in [0, 0.1) is 6.92 Å². The molecule has 0 spiro atoms. The zero-order valence-electron chi connectivity index (χ0n) is 20.1. The molecule has 2 aromatic heterocycles. The molecule has 9 heteroatoms. The van der Waals surface area contributed by atoms with Gasteiger partial charge in [0.15, 0.2) is 0 Å². The number of amides is 1. The van der Waals surface area contributed by atoms with Gasteiger partial charge in [-0.25, -0.2) is 4.98 Å².